The zero-order valence-corrected chi connectivity index (χ0v) is 12.0. The highest BCUT2D eigenvalue weighted by atomic mass is 16.3. The molecule has 0 aliphatic carbocycles. The van der Waals surface area contributed by atoms with E-state index in [1.54, 1.807) is 12.1 Å². The number of benzene rings is 1. The van der Waals surface area contributed by atoms with Crippen LogP contribution in [-0.4, -0.2) is 24.0 Å². The van der Waals surface area contributed by atoms with Gasteiger partial charge in [-0.2, -0.15) is 0 Å². The Kier molecular flexibility index (Phi) is 5.36. The van der Waals surface area contributed by atoms with Crippen LogP contribution in [-0.2, 0) is 0 Å². The van der Waals surface area contributed by atoms with Gasteiger partial charge in [-0.3, -0.25) is 4.79 Å². The molecule has 4 heteroatoms. The van der Waals surface area contributed by atoms with Crippen LogP contribution in [0.2, 0.25) is 0 Å². The molecule has 0 aliphatic heterocycles. The number of nitrogens with one attached hydrogen (secondary N) is 1. The molecule has 0 heterocycles. The van der Waals surface area contributed by atoms with Crippen molar-refractivity contribution in [3.63, 3.8) is 0 Å². The first kappa shape index (κ1) is 15.5. The molecule has 0 unspecified atom stereocenters. The number of ketones is 1. The highest BCUT2D eigenvalue weighted by Gasteiger charge is 2.24. The van der Waals surface area contributed by atoms with Gasteiger partial charge in [0.1, 0.15) is 0 Å². The molecule has 4 nitrogen and oxygen atoms in total. The first-order valence-electron chi connectivity index (χ1n) is 6.73. The van der Waals surface area contributed by atoms with Gasteiger partial charge in [0.05, 0.1) is 6.61 Å². The minimum Gasteiger partial charge on any atom is -0.398 e. The highest BCUT2D eigenvalue weighted by molar-refractivity contribution is 6.00. The molecule has 0 amide bonds. The third-order valence-electron chi connectivity index (χ3n) is 3.94. The van der Waals surface area contributed by atoms with Crippen LogP contribution in [0.25, 0.3) is 0 Å². The maximum Gasteiger partial charge on any atom is 0.161 e. The predicted octanol–water partition coefficient (Wildman–Crippen LogP) is 2.68. The van der Waals surface area contributed by atoms with Gasteiger partial charge in [-0.1, -0.05) is 13.8 Å². The first-order chi connectivity index (χ1) is 8.98. The fourth-order valence-electron chi connectivity index (χ4n) is 2.04. The molecule has 0 spiro atoms. The number of rotatable bonds is 7. The summed E-state index contributed by atoms with van der Waals surface area (Å²) in [7, 11) is 0. The lowest BCUT2D eigenvalue weighted by Gasteiger charge is -2.30. The lowest BCUT2D eigenvalue weighted by atomic mass is 9.83. The third-order valence-corrected chi connectivity index (χ3v) is 3.94. The number of aliphatic hydroxyl groups excluding tert-OH is 1. The summed E-state index contributed by atoms with van der Waals surface area (Å²) in [6, 6.07) is 5.36. The Morgan fingerprint density at radius 3 is 2.47 bits per heavy atom. The van der Waals surface area contributed by atoms with E-state index >= 15 is 0 Å². The molecule has 0 atom stereocenters. The van der Waals surface area contributed by atoms with Crippen molar-refractivity contribution in [1.82, 2.24) is 0 Å². The summed E-state index contributed by atoms with van der Waals surface area (Å²) in [5, 5.41) is 12.8. The van der Waals surface area contributed by atoms with Crippen molar-refractivity contribution in [2.45, 2.75) is 33.6 Å². The van der Waals surface area contributed by atoms with Crippen LogP contribution in [0, 0.1) is 5.41 Å². The Labute approximate surface area is 115 Å². The number of nitrogens with two attached hydrogens (primary N) is 1. The topological polar surface area (TPSA) is 75.3 Å². The van der Waals surface area contributed by atoms with Crippen LogP contribution in [0.3, 0.4) is 0 Å². The Bertz CT molecular complexity index is 432. The SMILES string of the molecule is CCC(CC)(CO)CNc1ccc(N)c(C(C)=O)c1. The van der Waals surface area contributed by atoms with E-state index < -0.39 is 0 Å². The standard InChI is InChI=1S/C15H24N2O2/c1-4-15(5-2,10-18)9-17-12-6-7-14(16)13(8-12)11(3)19/h6-8,17-18H,4-5,9-10,16H2,1-3H3. The van der Waals surface area contributed by atoms with Crippen molar-refractivity contribution in [3.8, 4) is 0 Å². The molecule has 0 aliphatic rings. The summed E-state index contributed by atoms with van der Waals surface area (Å²) < 4.78 is 0. The number of aliphatic hydroxyl groups is 1. The zero-order chi connectivity index (χ0) is 14.5. The molecular formula is C15H24N2O2. The lowest BCUT2D eigenvalue weighted by molar-refractivity contribution is 0.101. The van der Waals surface area contributed by atoms with E-state index in [4.69, 9.17) is 5.73 Å². The average Bonchev–Trinajstić information content (AvgIpc) is 2.42. The minimum absolute atomic E-state index is 0.0412. The molecule has 0 bridgehead atoms. The number of Topliss-reactive ketones (excluding diaryl/α,β-unsaturated/α-hetero) is 1. The zero-order valence-electron chi connectivity index (χ0n) is 12.0. The van der Waals surface area contributed by atoms with E-state index in [0.717, 1.165) is 18.5 Å². The molecular weight excluding hydrogens is 240 g/mol. The quantitative estimate of drug-likeness (QED) is 0.523. The summed E-state index contributed by atoms with van der Waals surface area (Å²) in [5.41, 5.74) is 7.54. The maximum atomic E-state index is 11.4. The summed E-state index contributed by atoms with van der Waals surface area (Å²) in [6.45, 7) is 6.49. The number of hydrogen-bond acceptors (Lipinski definition) is 4. The van der Waals surface area contributed by atoms with Crippen LogP contribution >= 0.6 is 0 Å². The molecule has 0 saturated carbocycles. The maximum absolute atomic E-state index is 11.4. The van der Waals surface area contributed by atoms with Crippen molar-refractivity contribution >= 4 is 17.2 Å². The van der Waals surface area contributed by atoms with Crippen LogP contribution in [0.1, 0.15) is 44.0 Å². The summed E-state index contributed by atoms with van der Waals surface area (Å²) in [4.78, 5) is 11.4. The summed E-state index contributed by atoms with van der Waals surface area (Å²) >= 11 is 0. The predicted molar refractivity (Wildman–Crippen MR) is 79.4 cm³/mol. The second-order valence-corrected chi connectivity index (χ2v) is 5.08. The van der Waals surface area contributed by atoms with Gasteiger partial charge < -0.3 is 16.2 Å². The van der Waals surface area contributed by atoms with Crippen molar-refractivity contribution in [1.29, 1.82) is 0 Å². The highest BCUT2D eigenvalue weighted by Crippen LogP contribution is 2.27. The van der Waals surface area contributed by atoms with Crippen LogP contribution in [0.4, 0.5) is 11.4 Å². The molecule has 0 saturated heterocycles. The lowest BCUT2D eigenvalue weighted by Crippen LogP contribution is -2.32. The molecule has 0 fully saturated rings. The summed E-state index contributed by atoms with van der Waals surface area (Å²) in [5.74, 6) is -0.0412. The Morgan fingerprint density at radius 1 is 1.37 bits per heavy atom. The molecule has 106 valence electrons. The van der Waals surface area contributed by atoms with Crippen molar-refractivity contribution < 1.29 is 9.90 Å². The molecule has 0 aromatic heterocycles. The van der Waals surface area contributed by atoms with Gasteiger partial charge in [-0.05, 0) is 38.0 Å². The Balaban J connectivity index is 2.83. The second-order valence-electron chi connectivity index (χ2n) is 5.08. The van der Waals surface area contributed by atoms with Gasteiger partial charge in [0.2, 0.25) is 0 Å². The Morgan fingerprint density at radius 2 is 2.00 bits per heavy atom. The van der Waals surface area contributed by atoms with Crippen LogP contribution < -0.4 is 11.1 Å². The van der Waals surface area contributed by atoms with Crippen molar-refractivity contribution in [2.75, 3.05) is 24.2 Å². The molecule has 19 heavy (non-hydrogen) atoms. The molecule has 0 radical (unpaired) electrons. The second kappa shape index (κ2) is 6.57. The van der Waals surface area contributed by atoms with Gasteiger partial charge in [0.15, 0.2) is 5.78 Å². The van der Waals surface area contributed by atoms with Crippen molar-refractivity contribution in [3.05, 3.63) is 23.8 Å². The number of carbonyl (C=O) groups is 1. The van der Waals surface area contributed by atoms with E-state index in [0.29, 0.717) is 17.8 Å². The molecule has 1 aromatic carbocycles. The Hall–Kier alpha value is -1.55. The van der Waals surface area contributed by atoms with Gasteiger partial charge in [0.25, 0.3) is 0 Å². The minimum atomic E-state index is -0.113. The van der Waals surface area contributed by atoms with E-state index in [9.17, 15) is 9.90 Å². The monoisotopic (exact) mass is 264 g/mol. The number of nitrogen functional groups attached to an aromatic ring is 1. The molecule has 1 rings (SSSR count). The van der Waals surface area contributed by atoms with Crippen molar-refractivity contribution in [2.24, 2.45) is 5.41 Å². The first-order valence-corrected chi connectivity index (χ1v) is 6.73. The largest absolute Gasteiger partial charge is 0.398 e. The van der Waals surface area contributed by atoms with E-state index in [1.165, 1.54) is 6.92 Å². The van der Waals surface area contributed by atoms with E-state index in [-0.39, 0.29) is 17.8 Å². The number of hydrogen-bond donors (Lipinski definition) is 3. The smallest absolute Gasteiger partial charge is 0.161 e. The summed E-state index contributed by atoms with van der Waals surface area (Å²) in [6.07, 6.45) is 1.81. The fraction of sp³-hybridized carbons (Fsp3) is 0.533. The van der Waals surface area contributed by atoms with Gasteiger partial charge in [0, 0.05) is 28.9 Å². The third kappa shape index (κ3) is 3.70. The number of anilines is 2. The average molecular weight is 264 g/mol. The molecule has 4 N–H and O–H groups in total. The fourth-order valence-corrected chi connectivity index (χ4v) is 2.04. The van der Waals surface area contributed by atoms with Gasteiger partial charge >= 0.3 is 0 Å². The van der Waals surface area contributed by atoms with Crippen LogP contribution in [0.15, 0.2) is 18.2 Å². The van der Waals surface area contributed by atoms with E-state index in [2.05, 4.69) is 19.2 Å². The van der Waals surface area contributed by atoms with Gasteiger partial charge in [-0.15, -0.1) is 0 Å². The van der Waals surface area contributed by atoms with Crippen LogP contribution in [0.5, 0.6) is 0 Å². The number of carbonyl (C=O) groups excluding carboxylic acids is 1. The normalized spacial score (nSPS) is 11.4. The molecule has 1 aromatic rings. The van der Waals surface area contributed by atoms with E-state index in [1.807, 2.05) is 6.07 Å². The van der Waals surface area contributed by atoms with Gasteiger partial charge in [-0.25, -0.2) is 0 Å².